The maximum atomic E-state index is 13.4. The summed E-state index contributed by atoms with van der Waals surface area (Å²) >= 11 is 0. The molecular formula is C12H18FN5O11P3+. The lowest BCUT2D eigenvalue weighted by atomic mass is 10.2. The van der Waals surface area contributed by atoms with E-state index in [9.17, 15) is 28.2 Å². The highest BCUT2D eigenvalue weighted by Crippen LogP contribution is 2.71. The van der Waals surface area contributed by atoms with Crippen molar-refractivity contribution in [2.75, 3.05) is 12.3 Å². The first-order chi connectivity index (χ1) is 14.7. The molecule has 1 saturated heterocycles. The minimum atomic E-state index is -5.42. The number of hydrogen-bond donors (Lipinski definition) is 6. The fourth-order valence-electron chi connectivity index (χ4n) is 2.62. The summed E-state index contributed by atoms with van der Waals surface area (Å²) in [6, 6.07) is 0. The standard InChI is InChI=1S/C10H15FN5O11P3.C2H2/c11-10-14-8(12)7-9(15-10)16(4-13-7)6-2-1-5(25-6)3-24-29(20,21)27-30(22,23)26-28(17,18)19;1-2/h4-6,22-23H,1-3H2,(H4-,12,14,15,17,18,19,20,21);1-2H/p+1. The summed E-state index contributed by atoms with van der Waals surface area (Å²) in [5.41, 5.74) is 5.82. The quantitative estimate of drug-likeness (QED) is 0.157. The Hall–Kier alpha value is -1.63. The third-order valence-corrected chi connectivity index (χ3v) is 7.52. The van der Waals surface area contributed by atoms with Crippen molar-refractivity contribution in [1.82, 2.24) is 19.5 Å². The van der Waals surface area contributed by atoms with Crippen LogP contribution in [0.4, 0.5) is 10.2 Å². The maximum absolute atomic E-state index is 13.4. The molecule has 1 aliphatic heterocycles. The van der Waals surface area contributed by atoms with Crippen LogP contribution < -0.4 is 5.73 Å². The monoisotopic (exact) mass is 520 g/mol. The number of anilines is 1. The number of hydrogen-bond acceptors (Lipinski definition) is 12. The van der Waals surface area contributed by atoms with Gasteiger partial charge in [-0.3, -0.25) is 9.09 Å². The van der Waals surface area contributed by atoms with Gasteiger partial charge in [-0.05, 0) is 21.5 Å². The van der Waals surface area contributed by atoms with Crippen LogP contribution in [0.5, 0.6) is 0 Å². The molecule has 1 fully saturated rings. The van der Waals surface area contributed by atoms with E-state index < -0.39 is 48.8 Å². The van der Waals surface area contributed by atoms with Gasteiger partial charge in [0.05, 0.1) is 19.0 Å². The summed E-state index contributed by atoms with van der Waals surface area (Å²) in [7, 11) is -16.0. The molecule has 0 aromatic carbocycles. The maximum Gasteiger partial charge on any atom is 0.591 e. The predicted molar refractivity (Wildman–Crippen MR) is 104 cm³/mol. The summed E-state index contributed by atoms with van der Waals surface area (Å²) in [6.07, 6.45) is 7.41. The second-order valence-corrected chi connectivity index (χ2v) is 10.4. The Morgan fingerprint density at radius 1 is 1.25 bits per heavy atom. The molecule has 0 spiro atoms. The van der Waals surface area contributed by atoms with Crippen molar-refractivity contribution in [3.8, 4) is 12.8 Å². The number of halogens is 1. The number of phosphoric ester groups is 1. The van der Waals surface area contributed by atoms with Crippen LogP contribution in [0.2, 0.25) is 0 Å². The molecule has 7 N–H and O–H groups in total. The second kappa shape index (κ2) is 10.1. The molecule has 0 saturated carbocycles. The second-order valence-electron chi connectivity index (χ2n) is 5.90. The van der Waals surface area contributed by atoms with Crippen molar-refractivity contribution in [3.05, 3.63) is 12.4 Å². The number of imidazole rings is 1. The average molecular weight is 520 g/mol. The molecule has 0 aliphatic carbocycles. The first-order valence-electron chi connectivity index (χ1n) is 8.19. The number of aromatic nitrogens is 4. The van der Waals surface area contributed by atoms with Crippen molar-refractivity contribution < 1.29 is 55.9 Å². The van der Waals surface area contributed by atoms with E-state index in [4.69, 9.17) is 20.3 Å². The molecular weight excluding hydrogens is 502 g/mol. The van der Waals surface area contributed by atoms with Gasteiger partial charge in [0.15, 0.2) is 17.0 Å². The van der Waals surface area contributed by atoms with E-state index in [1.807, 2.05) is 0 Å². The van der Waals surface area contributed by atoms with Gasteiger partial charge >= 0.3 is 29.9 Å². The molecule has 178 valence electrons. The van der Waals surface area contributed by atoms with E-state index >= 15 is 0 Å². The largest absolute Gasteiger partial charge is 0.591 e. The molecule has 0 amide bonds. The Bertz CT molecular complexity index is 1080. The molecule has 3 unspecified atom stereocenters. The number of rotatable bonds is 8. The Balaban J connectivity index is 0.00000176. The third kappa shape index (κ3) is 7.19. The lowest BCUT2D eigenvalue weighted by Crippen LogP contribution is -2.16. The normalized spacial score (nSPS) is 21.1. The number of ether oxygens (including phenoxy) is 1. The summed E-state index contributed by atoms with van der Waals surface area (Å²) < 4.78 is 54.8. The number of fused-ring (bicyclic) bond motifs is 1. The Kier molecular flexibility index (Phi) is 8.41. The van der Waals surface area contributed by atoms with Crippen LogP contribution >= 0.6 is 23.8 Å². The topological polar surface area (TPSA) is 242 Å². The molecule has 0 radical (unpaired) electrons. The van der Waals surface area contributed by atoms with Gasteiger partial charge in [0, 0.05) is 0 Å². The fraction of sp³-hybridized carbons (Fsp3) is 0.417. The van der Waals surface area contributed by atoms with Gasteiger partial charge in [-0.15, -0.1) is 12.8 Å². The van der Waals surface area contributed by atoms with Gasteiger partial charge in [-0.25, -0.2) is 14.1 Å². The lowest BCUT2D eigenvalue weighted by molar-refractivity contribution is -0.0208. The Morgan fingerprint density at radius 3 is 2.53 bits per heavy atom. The molecule has 1 aliphatic rings. The lowest BCUT2D eigenvalue weighted by Gasteiger charge is -2.17. The molecule has 2 aromatic rings. The van der Waals surface area contributed by atoms with E-state index in [1.165, 1.54) is 10.9 Å². The molecule has 32 heavy (non-hydrogen) atoms. The van der Waals surface area contributed by atoms with Gasteiger partial charge in [0.25, 0.3) is 0 Å². The zero-order valence-corrected chi connectivity index (χ0v) is 18.5. The van der Waals surface area contributed by atoms with Crippen LogP contribution in [0.1, 0.15) is 19.1 Å². The van der Waals surface area contributed by atoms with Crippen LogP contribution in [0.3, 0.4) is 0 Å². The van der Waals surface area contributed by atoms with Gasteiger partial charge in [0.2, 0.25) is 0 Å². The molecule has 16 nitrogen and oxygen atoms in total. The number of nitrogens with zero attached hydrogens (tertiary/aromatic N) is 4. The highest BCUT2D eigenvalue weighted by molar-refractivity contribution is 7.70. The summed E-state index contributed by atoms with van der Waals surface area (Å²) in [4.78, 5) is 55.9. The van der Waals surface area contributed by atoms with Crippen molar-refractivity contribution in [1.29, 1.82) is 0 Å². The van der Waals surface area contributed by atoms with Crippen LogP contribution in [-0.4, -0.2) is 56.7 Å². The number of phosphoric acid groups is 2. The number of nitrogens with two attached hydrogens (primary N) is 1. The molecule has 3 rings (SSSR count). The third-order valence-electron chi connectivity index (χ3n) is 3.66. The Morgan fingerprint density at radius 2 is 1.91 bits per heavy atom. The van der Waals surface area contributed by atoms with E-state index in [0.717, 1.165) is 0 Å². The highest BCUT2D eigenvalue weighted by Gasteiger charge is 2.55. The average Bonchev–Trinajstić information content (AvgIpc) is 3.25. The van der Waals surface area contributed by atoms with Gasteiger partial charge in [0.1, 0.15) is 6.23 Å². The molecule has 20 heteroatoms. The van der Waals surface area contributed by atoms with Crippen molar-refractivity contribution in [3.63, 3.8) is 0 Å². The zero-order valence-electron chi connectivity index (χ0n) is 15.8. The van der Waals surface area contributed by atoms with Gasteiger partial charge in [-0.1, -0.05) is 0 Å². The number of terminal acetylenes is 1. The minimum absolute atomic E-state index is 0.0764. The zero-order chi connectivity index (χ0) is 24.3. The van der Waals surface area contributed by atoms with E-state index in [0.29, 0.717) is 12.8 Å². The van der Waals surface area contributed by atoms with Gasteiger partial charge in [-0.2, -0.15) is 24.1 Å². The van der Waals surface area contributed by atoms with Gasteiger partial charge < -0.3 is 25.2 Å². The van der Waals surface area contributed by atoms with Crippen LogP contribution in [0.15, 0.2) is 6.33 Å². The van der Waals surface area contributed by atoms with E-state index in [-0.39, 0.29) is 17.0 Å². The Labute approximate surface area is 179 Å². The highest BCUT2D eigenvalue weighted by atomic mass is 31.3. The molecule has 3 atom stereocenters. The van der Waals surface area contributed by atoms with Crippen LogP contribution in [0.25, 0.3) is 11.2 Å². The summed E-state index contributed by atoms with van der Waals surface area (Å²) in [5, 5.41) is 0. The molecule has 0 bridgehead atoms. The smallest absolute Gasteiger partial charge is 0.382 e. The number of nitrogen functional groups attached to an aromatic ring is 1. The van der Waals surface area contributed by atoms with Crippen molar-refractivity contribution >= 4 is 40.8 Å². The minimum Gasteiger partial charge on any atom is -0.382 e. The first kappa shape index (κ1) is 26.6. The molecule has 2 aromatic heterocycles. The molecule has 3 heterocycles. The predicted octanol–water partition coefficient (Wildman–Crippen LogP) is 0.380. The van der Waals surface area contributed by atoms with Crippen LogP contribution in [0, 0.1) is 18.9 Å². The SMILES string of the molecule is C#C.Nc1nc(F)nc2c1ncn2C1CCC(COP(=O)(O)O[P+](O)(O)OP(=O)(O)O)O1. The van der Waals surface area contributed by atoms with E-state index in [1.54, 1.807) is 0 Å². The first-order valence-corrected chi connectivity index (χ1v) is 12.7. The fourth-order valence-corrected chi connectivity index (χ4v) is 5.74. The van der Waals surface area contributed by atoms with E-state index in [2.05, 4.69) is 40.9 Å². The van der Waals surface area contributed by atoms with Crippen molar-refractivity contribution in [2.24, 2.45) is 0 Å². The van der Waals surface area contributed by atoms with Crippen molar-refractivity contribution in [2.45, 2.75) is 25.2 Å². The van der Waals surface area contributed by atoms with Crippen LogP contribution in [-0.2, 0) is 27.0 Å². The summed E-state index contributed by atoms with van der Waals surface area (Å²) in [6.45, 7) is -0.571. The summed E-state index contributed by atoms with van der Waals surface area (Å²) in [5.74, 6) is -0.162.